The molecular formula is C15H29NO. The lowest BCUT2D eigenvalue weighted by atomic mass is 9.75. The van der Waals surface area contributed by atoms with Crippen LogP contribution in [0.5, 0.6) is 0 Å². The van der Waals surface area contributed by atoms with E-state index in [1.54, 1.807) is 0 Å². The van der Waals surface area contributed by atoms with Crippen molar-refractivity contribution in [2.24, 2.45) is 11.3 Å². The van der Waals surface area contributed by atoms with Gasteiger partial charge in [-0.05, 0) is 43.9 Å². The molecule has 1 saturated heterocycles. The van der Waals surface area contributed by atoms with Crippen LogP contribution >= 0.6 is 0 Å². The lowest BCUT2D eigenvalue weighted by Crippen LogP contribution is -2.49. The molecular weight excluding hydrogens is 210 g/mol. The highest BCUT2D eigenvalue weighted by Gasteiger charge is 2.44. The van der Waals surface area contributed by atoms with E-state index in [2.05, 4.69) is 26.1 Å². The Kier molecular flexibility index (Phi) is 4.48. The molecule has 1 N–H and O–H groups in total. The van der Waals surface area contributed by atoms with E-state index in [-0.39, 0.29) is 0 Å². The van der Waals surface area contributed by atoms with E-state index in [1.165, 1.54) is 38.5 Å². The molecule has 0 radical (unpaired) electrons. The smallest absolute Gasteiger partial charge is 0.0471 e. The minimum absolute atomic E-state index is 0.569. The molecule has 17 heavy (non-hydrogen) atoms. The normalized spacial score (nSPS) is 31.6. The number of nitrogens with one attached hydrogen (secondary N) is 1. The molecule has 100 valence electrons. The summed E-state index contributed by atoms with van der Waals surface area (Å²) in [4.78, 5) is 0. The van der Waals surface area contributed by atoms with E-state index < -0.39 is 0 Å². The highest BCUT2D eigenvalue weighted by molar-refractivity contribution is 4.98. The Morgan fingerprint density at radius 2 is 1.94 bits per heavy atom. The molecule has 2 rings (SSSR count). The van der Waals surface area contributed by atoms with Crippen molar-refractivity contribution in [2.45, 2.75) is 71.4 Å². The second kappa shape index (κ2) is 5.71. The third-order valence-electron chi connectivity index (χ3n) is 5.36. The second-order valence-corrected chi connectivity index (χ2v) is 6.26. The summed E-state index contributed by atoms with van der Waals surface area (Å²) in [5.41, 5.74) is 0.569. The van der Waals surface area contributed by atoms with Gasteiger partial charge in [-0.25, -0.2) is 0 Å². The summed E-state index contributed by atoms with van der Waals surface area (Å²) in [6.07, 6.45) is 8.03. The summed E-state index contributed by atoms with van der Waals surface area (Å²) < 4.78 is 5.55. The second-order valence-electron chi connectivity index (χ2n) is 6.26. The number of hydrogen-bond donors (Lipinski definition) is 1. The van der Waals surface area contributed by atoms with Gasteiger partial charge in [0.25, 0.3) is 0 Å². The monoisotopic (exact) mass is 239 g/mol. The SMILES string of the molecule is CCC(C)C(C)NC1CCCC12CCOCC2. The van der Waals surface area contributed by atoms with Crippen LogP contribution in [-0.2, 0) is 4.74 Å². The van der Waals surface area contributed by atoms with Gasteiger partial charge >= 0.3 is 0 Å². The number of hydrogen-bond acceptors (Lipinski definition) is 2. The summed E-state index contributed by atoms with van der Waals surface area (Å²) in [5, 5.41) is 3.93. The van der Waals surface area contributed by atoms with E-state index in [1.807, 2.05) is 0 Å². The van der Waals surface area contributed by atoms with Crippen molar-refractivity contribution in [2.75, 3.05) is 13.2 Å². The van der Waals surface area contributed by atoms with E-state index in [0.29, 0.717) is 11.5 Å². The molecule has 2 heteroatoms. The van der Waals surface area contributed by atoms with Gasteiger partial charge in [0, 0.05) is 25.3 Å². The first-order valence-electron chi connectivity index (χ1n) is 7.52. The van der Waals surface area contributed by atoms with Gasteiger partial charge in [-0.1, -0.05) is 26.7 Å². The predicted octanol–water partition coefficient (Wildman–Crippen LogP) is 3.36. The molecule has 2 fully saturated rings. The maximum Gasteiger partial charge on any atom is 0.0471 e. The molecule has 0 amide bonds. The standard InChI is InChI=1S/C15H29NO/c1-4-12(2)13(3)16-14-6-5-7-15(14)8-10-17-11-9-15/h12-14,16H,4-11H2,1-3H3. The van der Waals surface area contributed by atoms with Crippen molar-refractivity contribution in [3.05, 3.63) is 0 Å². The number of ether oxygens (including phenoxy) is 1. The summed E-state index contributed by atoms with van der Waals surface area (Å²) in [6.45, 7) is 8.98. The Morgan fingerprint density at radius 3 is 2.59 bits per heavy atom. The van der Waals surface area contributed by atoms with Crippen LogP contribution in [0.4, 0.5) is 0 Å². The lowest BCUT2D eigenvalue weighted by molar-refractivity contribution is 0.00170. The Morgan fingerprint density at radius 1 is 1.24 bits per heavy atom. The van der Waals surface area contributed by atoms with Gasteiger partial charge in [-0.2, -0.15) is 0 Å². The lowest BCUT2D eigenvalue weighted by Gasteiger charge is -2.41. The van der Waals surface area contributed by atoms with Crippen LogP contribution < -0.4 is 5.32 Å². The fourth-order valence-electron chi connectivity index (χ4n) is 3.61. The van der Waals surface area contributed by atoms with E-state index in [0.717, 1.165) is 25.2 Å². The third-order valence-corrected chi connectivity index (χ3v) is 5.36. The Balaban J connectivity index is 1.94. The van der Waals surface area contributed by atoms with Gasteiger partial charge in [0.05, 0.1) is 0 Å². The van der Waals surface area contributed by atoms with Gasteiger partial charge in [0.15, 0.2) is 0 Å². The molecule has 1 aliphatic heterocycles. The van der Waals surface area contributed by atoms with Gasteiger partial charge < -0.3 is 10.1 Å². The van der Waals surface area contributed by atoms with Crippen LogP contribution in [0.15, 0.2) is 0 Å². The molecule has 3 unspecified atom stereocenters. The van der Waals surface area contributed by atoms with Crippen molar-refractivity contribution in [3.63, 3.8) is 0 Å². The van der Waals surface area contributed by atoms with Crippen molar-refractivity contribution < 1.29 is 4.74 Å². The van der Waals surface area contributed by atoms with Crippen molar-refractivity contribution in [1.29, 1.82) is 0 Å². The van der Waals surface area contributed by atoms with Crippen molar-refractivity contribution >= 4 is 0 Å². The Bertz CT molecular complexity index is 235. The predicted molar refractivity (Wildman–Crippen MR) is 72.2 cm³/mol. The van der Waals surface area contributed by atoms with Crippen LogP contribution in [0, 0.1) is 11.3 Å². The Labute approximate surface area is 107 Å². The molecule has 0 aromatic heterocycles. The van der Waals surface area contributed by atoms with Crippen LogP contribution in [0.25, 0.3) is 0 Å². The van der Waals surface area contributed by atoms with Crippen LogP contribution in [0.3, 0.4) is 0 Å². The first-order valence-corrected chi connectivity index (χ1v) is 7.52. The summed E-state index contributed by atoms with van der Waals surface area (Å²) in [5.74, 6) is 0.785. The molecule has 1 aliphatic carbocycles. The molecule has 0 aromatic rings. The fraction of sp³-hybridized carbons (Fsp3) is 1.00. The molecule has 2 nitrogen and oxygen atoms in total. The highest BCUT2D eigenvalue weighted by atomic mass is 16.5. The average Bonchev–Trinajstić information content (AvgIpc) is 2.72. The van der Waals surface area contributed by atoms with Gasteiger partial charge in [-0.15, -0.1) is 0 Å². The molecule has 1 heterocycles. The zero-order valence-electron chi connectivity index (χ0n) is 11.8. The summed E-state index contributed by atoms with van der Waals surface area (Å²) in [6, 6.07) is 1.40. The topological polar surface area (TPSA) is 21.3 Å². The largest absolute Gasteiger partial charge is 0.381 e. The minimum Gasteiger partial charge on any atom is -0.381 e. The summed E-state index contributed by atoms with van der Waals surface area (Å²) >= 11 is 0. The van der Waals surface area contributed by atoms with Crippen molar-refractivity contribution in [1.82, 2.24) is 5.32 Å². The maximum atomic E-state index is 5.55. The number of rotatable bonds is 4. The Hall–Kier alpha value is -0.0800. The molecule has 1 spiro atoms. The van der Waals surface area contributed by atoms with Gasteiger partial charge in [0.2, 0.25) is 0 Å². The zero-order chi connectivity index (χ0) is 12.3. The highest BCUT2D eigenvalue weighted by Crippen LogP contribution is 2.46. The molecule has 0 aromatic carbocycles. The molecule has 2 aliphatic rings. The van der Waals surface area contributed by atoms with Crippen LogP contribution in [-0.4, -0.2) is 25.3 Å². The first-order chi connectivity index (χ1) is 8.18. The van der Waals surface area contributed by atoms with E-state index in [9.17, 15) is 0 Å². The van der Waals surface area contributed by atoms with Gasteiger partial charge in [-0.3, -0.25) is 0 Å². The average molecular weight is 239 g/mol. The quantitative estimate of drug-likeness (QED) is 0.812. The maximum absolute atomic E-state index is 5.55. The van der Waals surface area contributed by atoms with E-state index >= 15 is 0 Å². The molecule has 0 bridgehead atoms. The molecule has 1 saturated carbocycles. The van der Waals surface area contributed by atoms with Crippen LogP contribution in [0.1, 0.15) is 59.3 Å². The van der Waals surface area contributed by atoms with E-state index in [4.69, 9.17) is 4.74 Å². The zero-order valence-corrected chi connectivity index (χ0v) is 11.8. The van der Waals surface area contributed by atoms with Crippen molar-refractivity contribution in [3.8, 4) is 0 Å². The third kappa shape index (κ3) is 2.85. The first kappa shape index (κ1) is 13.4. The summed E-state index contributed by atoms with van der Waals surface area (Å²) in [7, 11) is 0. The fourth-order valence-corrected chi connectivity index (χ4v) is 3.61. The van der Waals surface area contributed by atoms with Gasteiger partial charge in [0.1, 0.15) is 0 Å². The minimum atomic E-state index is 0.569. The molecule has 3 atom stereocenters. The van der Waals surface area contributed by atoms with Crippen LogP contribution in [0.2, 0.25) is 0 Å².